The minimum Gasteiger partial charge on any atom is -0.353 e. The second kappa shape index (κ2) is 8.42. The topological polar surface area (TPSA) is 99.4 Å². The maximum atomic E-state index is 12.4. The Kier molecular flexibility index (Phi) is 4.92. The zero-order valence-electron chi connectivity index (χ0n) is 19.3. The van der Waals surface area contributed by atoms with Gasteiger partial charge in [0.15, 0.2) is 0 Å². The number of carbonyl (C=O) groups is 1. The van der Waals surface area contributed by atoms with Gasteiger partial charge in [-0.05, 0) is 48.6 Å². The van der Waals surface area contributed by atoms with E-state index in [0.29, 0.717) is 5.69 Å². The number of thiophene rings is 1. The standard InChI is InChI=1S/C28H22N6OS/c35-28(16-4-1-5-16)31-18-10-17(13-29-14-18)23-12-21-25(15-30-23)33-34-27(21)24-11-20-19(26-8-3-9-36-26)6-2-7-22(20)32-24/h2-3,6-16,32H,1,4-5H2,(H,31,35)(H,33,34). The number of nitrogens with one attached hydrogen (secondary N) is 3. The van der Waals surface area contributed by atoms with Crippen LogP contribution in [-0.2, 0) is 4.79 Å². The quantitative estimate of drug-likeness (QED) is 0.252. The lowest BCUT2D eigenvalue weighted by molar-refractivity contribution is -0.122. The van der Waals surface area contributed by atoms with Crippen LogP contribution in [0.4, 0.5) is 5.69 Å². The highest BCUT2D eigenvalue weighted by molar-refractivity contribution is 7.13. The maximum Gasteiger partial charge on any atom is 0.227 e. The molecular weight excluding hydrogens is 468 g/mol. The molecule has 36 heavy (non-hydrogen) atoms. The molecule has 0 spiro atoms. The third kappa shape index (κ3) is 3.58. The summed E-state index contributed by atoms with van der Waals surface area (Å²) in [4.78, 5) is 26.1. The summed E-state index contributed by atoms with van der Waals surface area (Å²) in [6, 6.07) is 16.6. The Balaban J connectivity index is 1.26. The summed E-state index contributed by atoms with van der Waals surface area (Å²) < 4.78 is 0. The van der Waals surface area contributed by atoms with Crippen LogP contribution in [0.3, 0.4) is 0 Å². The number of hydrogen-bond acceptors (Lipinski definition) is 5. The van der Waals surface area contributed by atoms with Gasteiger partial charge in [-0.2, -0.15) is 5.10 Å². The number of nitrogens with zero attached hydrogens (tertiary/aromatic N) is 3. The Labute approximate surface area is 210 Å². The molecule has 0 saturated heterocycles. The van der Waals surface area contributed by atoms with Gasteiger partial charge in [0, 0.05) is 44.4 Å². The number of hydrogen-bond donors (Lipinski definition) is 3. The largest absolute Gasteiger partial charge is 0.353 e. The van der Waals surface area contributed by atoms with E-state index >= 15 is 0 Å². The lowest BCUT2D eigenvalue weighted by Crippen LogP contribution is -2.28. The van der Waals surface area contributed by atoms with Crippen molar-refractivity contribution in [2.45, 2.75) is 19.3 Å². The molecule has 1 amide bonds. The van der Waals surface area contributed by atoms with Gasteiger partial charge in [-0.15, -0.1) is 11.3 Å². The number of anilines is 1. The molecule has 5 aromatic heterocycles. The molecule has 176 valence electrons. The van der Waals surface area contributed by atoms with Gasteiger partial charge in [0.05, 0.1) is 35.0 Å². The fourth-order valence-corrected chi connectivity index (χ4v) is 5.54. The van der Waals surface area contributed by atoms with Gasteiger partial charge in [0.2, 0.25) is 5.91 Å². The SMILES string of the molecule is O=C(Nc1cncc(-c2cc3c(-c4cc5c(-c6cccs6)cccc5[nH]4)n[nH]c3cn2)c1)C1CCC1. The van der Waals surface area contributed by atoms with Gasteiger partial charge >= 0.3 is 0 Å². The molecule has 8 heteroatoms. The number of carbonyl (C=O) groups excluding carboxylic acids is 1. The Morgan fingerprint density at radius 2 is 1.94 bits per heavy atom. The Morgan fingerprint density at radius 1 is 1.00 bits per heavy atom. The summed E-state index contributed by atoms with van der Waals surface area (Å²) in [5.41, 5.74) is 7.21. The molecule has 0 bridgehead atoms. The smallest absolute Gasteiger partial charge is 0.227 e. The van der Waals surface area contributed by atoms with E-state index in [2.05, 4.69) is 72.2 Å². The Morgan fingerprint density at radius 3 is 2.78 bits per heavy atom. The second-order valence-corrected chi connectivity index (χ2v) is 10.1. The van der Waals surface area contributed by atoms with Crippen LogP contribution in [0, 0.1) is 5.92 Å². The van der Waals surface area contributed by atoms with E-state index in [1.54, 1.807) is 29.9 Å². The number of pyridine rings is 2. The average molecular weight is 491 g/mol. The fourth-order valence-electron chi connectivity index (χ4n) is 4.77. The zero-order chi connectivity index (χ0) is 24.1. The molecule has 1 aliphatic carbocycles. The summed E-state index contributed by atoms with van der Waals surface area (Å²) in [7, 11) is 0. The van der Waals surface area contributed by atoms with Crippen LogP contribution in [0.15, 0.2) is 72.5 Å². The molecule has 7 rings (SSSR count). The predicted molar refractivity (Wildman–Crippen MR) is 144 cm³/mol. The summed E-state index contributed by atoms with van der Waals surface area (Å²) >= 11 is 1.73. The number of fused-ring (bicyclic) bond motifs is 2. The number of amides is 1. The predicted octanol–water partition coefficient (Wildman–Crippen LogP) is 6.64. The van der Waals surface area contributed by atoms with E-state index in [9.17, 15) is 4.79 Å². The first kappa shape index (κ1) is 21.0. The summed E-state index contributed by atoms with van der Waals surface area (Å²) in [6.07, 6.45) is 8.28. The number of benzene rings is 1. The highest BCUT2D eigenvalue weighted by Crippen LogP contribution is 2.36. The lowest BCUT2D eigenvalue weighted by Gasteiger charge is -2.24. The molecule has 0 radical (unpaired) electrons. The van der Waals surface area contributed by atoms with Crippen LogP contribution in [0.25, 0.3) is 54.9 Å². The first-order valence-electron chi connectivity index (χ1n) is 12.0. The van der Waals surface area contributed by atoms with Gasteiger partial charge in [0.25, 0.3) is 0 Å². The Bertz CT molecular complexity index is 1730. The zero-order valence-corrected chi connectivity index (χ0v) is 20.1. The van der Waals surface area contributed by atoms with Crippen molar-refractivity contribution in [1.29, 1.82) is 0 Å². The van der Waals surface area contributed by atoms with Crippen LogP contribution >= 0.6 is 11.3 Å². The van der Waals surface area contributed by atoms with E-state index in [0.717, 1.165) is 58.3 Å². The van der Waals surface area contributed by atoms with Crippen molar-refractivity contribution < 1.29 is 4.79 Å². The molecule has 1 saturated carbocycles. The molecule has 3 N–H and O–H groups in total. The number of rotatable bonds is 5. The molecule has 5 heterocycles. The molecule has 6 aromatic rings. The van der Waals surface area contributed by atoms with Crippen molar-refractivity contribution in [2.24, 2.45) is 5.92 Å². The third-order valence-corrected chi connectivity index (χ3v) is 7.83. The van der Waals surface area contributed by atoms with E-state index in [-0.39, 0.29) is 11.8 Å². The van der Waals surface area contributed by atoms with E-state index in [1.165, 1.54) is 15.8 Å². The minimum atomic E-state index is 0.0708. The fraction of sp³-hybridized carbons (Fsp3) is 0.143. The number of aromatic nitrogens is 5. The molecule has 0 aliphatic heterocycles. The third-order valence-electron chi connectivity index (χ3n) is 6.93. The van der Waals surface area contributed by atoms with Crippen LogP contribution in [0.1, 0.15) is 19.3 Å². The Hall–Kier alpha value is -4.30. The van der Waals surface area contributed by atoms with Gasteiger partial charge < -0.3 is 10.3 Å². The van der Waals surface area contributed by atoms with Gasteiger partial charge in [-0.1, -0.05) is 24.6 Å². The van der Waals surface area contributed by atoms with Crippen molar-refractivity contribution in [3.05, 3.63) is 72.5 Å². The molecule has 1 aromatic carbocycles. The van der Waals surface area contributed by atoms with Gasteiger partial charge in [-0.3, -0.25) is 19.9 Å². The highest BCUT2D eigenvalue weighted by atomic mass is 32.1. The van der Waals surface area contributed by atoms with Crippen molar-refractivity contribution in [3.63, 3.8) is 0 Å². The molecular formula is C28H22N6OS. The average Bonchev–Trinajstić information content (AvgIpc) is 3.61. The maximum absolute atomic E-state index is 12.4. The normalized spacial score (nSPS) is 13.8. The summed E-state index contributed by atoms with van der Waals surface area (Å²) in [5.74, 6) is 0.190. The van der Waals surface area contributed by atoms with E-state index < -0.39 is 0 Å². The first-order valence-corrected chi connectivity index (χ1v) is 12.9. The monoisotopic (exact) mass is 490 g/mol. The van der Waals surface area contributed by atoms with Crippen molar-refractivity contribution in [2.75, 3.05) is 5.32 Å². The number of H-pyrrole nitrogens is 2. The first-order chi connectivity index (χ1) is 17.7. The lowest BCUT2D eigenvalue weighted by atomic mass is 9.85. The van der Waals surface area contributed by atoms with Crippen LogP contribution in [-0.4, -0.2) is 31.1 Å². The van der Waals surface area contributed by atoms with E-state index in [4.69, 9.17) is 0 Å². The summed E-state index contributed by atoms with van der Waals surface area (Å²) in [5, 5.41) is 15.0. The highest BCUT2D eigenvalue weighted by Gasteiger charge is 2.25. The molecule has 0 atom stereocenters. The van der Waals surface area contributed by atoms with Crippen LogP contribution in [0.2, 0.25) is 0 Å². The van der Waals surface area contributed by atoms with Crippen molar-refractivity contribution in [3.8, 4) is 33.1 Å². The van der Waals surface area contributed by atoms with Crippen molar-refractivity contribution >= 4 is 44.7 Å². The molecule has 1 fully saturated rings. The second-order valence-electron chi connectivity index (χ2n) is 9.19. The summed E-state index contributed by atoms with van der Waals surface area (Å²) in [6.45, 7) is 0. The molecule has 0 unspecified atom stereocenters. The molecule has 1 aliphatic rings. The minimum absolute atomic E-state index is 0.0708. The van der Waals surface area contributed by atoms with Crippen LogP contribution < -0.4 is 5.32 Å². The van der Waals surface area contributed by atoms with Crippen molar-refractivity contribution in [1.82, 2.24) is 25.1 Å². The molecule has 7 nitrogen and oxygen atoms in total. The van der Waals surface area contributed by atoms with Gasteiger partial charge in [0.1, 0.15) is 5.69 Å². The number of aromatic amines is 2. The van der Waals surface area contributed by atoms with Gasteiger partial charge in [-0.25, -0.2) is 0 Å². The van der Waals surface area contributed by atoms with E-state index in [1.807, 2.05) is 12.1 Å². The van der Waals surface area contributed by atoms with Crippen LogP contribution in [0.5, 0.6) is 0 Å².